The van der Waals surface area contributed by atoms with E-state index < -0.39 is 5.60 Å². The maximum Gasteiger partial charge on any atom is 0.180 e. The van der Waals surface area contributed by atoms with Crippen LogP contribution in [-0.2, 0) is 14.3 Å². The summed E-state index contributed by atoms with van der Waals surface area (Å²) in [5.74, 6) is -0.158. The molecule has 0 N–H and O–H groups in total. The first-order valence-corrected chi connectivity index (χ1v) is 4.28. The molecule has 0 aromatic carbocycles. The molecule has 0 radical (unpaired) electrons. The van der Waals surface area contributed by atoms with Crippen molar-refractivity contribution in [2.45, 2.75) is 24.9 Å². The largest absolute Gasteiger partial charge is 0.381 e. The van der Waals surface area contributed by atoms with E-state index in [0.717, 1.165) is 6.42 Å². The van der Waals surface area contributed by atoms with Crippen molar-refractivity contribution in [2.75, 3.05) is 20.3 Å². The minimum atomic E-state index is -0.829. The Kier molecular flexibility index (Phi) is 3.40. The number of nitriles is 1. The van der Waals surface area contributed by atoms with E-state index in [9.17, 15) is 4.79 Å². The lowest BCUT2D eigenvalue weighted by Gasteiger charge is -2.24. The molecule has 0 aromatic heterocycles. The molecule has 0 aliphatic carbocycles. The molecule has 1 rings (SSSR count). The first-order valence-electron chi connectivity index (χ1n) is 4.28. The fourth-order valence-electron chi connectivity index (χ4n) is 1.58. The van der Waals surface area contributed by atoms with Gasteiger partial charge in [-0.2, -0.15) is 5.26 Å². The summed E-state index contributed by atoms with van der Waals surface area (Å²) in [6.45, 7) is 0.841. The van der Waals surface area contributed by atoms with Crippen LogP contribution < -0.4 is 0 Å². The summed E-state index contributed by atoms with van der Waals surface area (Å²) >= 11 is 0. The number of ketones is 1. The number of rotatable bonds is 4. The third-order valence-electron chi connectivity index (χ3n) is 2.23. The van der Waals surface area contributed by atoms with Gasteiger partial charge in [-0.15, -0.1) is 0 Å². The molecule has 4 nitrogen and oxygen atoms in total. The zero-order valence-electron chi connectivity index (χ0n) is 7.71. The Morgan fingerprint density at radius 3 is 3.00 bits per heavy atom. The van der Waals surface area contributed by atoms with Crippen molar-refractivity contribution >= 4 is 5.78 Å². The molecule has 72 valence electrons. The number of hydrogen-bond donors (Lipinski definition) is 0. The number of ether oxygens (including phenoxy) is 2. The fourth-order valence-corrected chi connectivity index (χ4v) is 1.58. The highest BCUT2D eigenvalue weighted by atomic mass is 16.5. The molecule has 1 heterocycles. The lowest BCUT2D eigenvalue weighted by Crippen LogP contribution is -2.42. The zero-order valence-corrected chi connectivity index (χ0v) is 7.71. The average Bonchev–Trinajstić information content (AvgIpc) is 2.55. The Balaban J connectivity index is 2.66. The molecule has 0 spiro atoms. The SMILES string of the molecule is COCC1(C(=O)CC#N)CCCO1. The number of hydrogen-bond acceptors (Lipinski definition) is 4. The number of nitrogens with zero attached hydrogens (tertiary/aromatic N) is 1. The summed E-state index contributed by atoms with van der Waals surface area (Å²) in [5.41, 5.74) is -0.829. The highest BCUT2D eigenvalue weighted by molar-refractivity contribution is 5.89. The Morgan fingerprint density at radius 2 is 2.54 bits per heavy atom. The van der Waals surface area contributed by atoms with Gasteiger partial charge in [-0.25, -0.2) is 0 Å². The molecule has 1 saturated heterocycles. The van der Waals surface area contributed by atoms with Crippen molar-refractivity contribution < 1.29 is 14.3 Å². The first kappa shape index (κ1) is 10.2. The standard InChI is InChI=1S/C9H13NO3/c1-12-7-9(4-2-6-13-9)8(11)3-5-10/h2-4,6-7H2,1H3. The summed E-state index contributed by atoms with van der Waals surface area (Å²) in [7, 11) is 1.53. The monoisotopic (exact) mass is 183 g/mol. The average molecular weight is 183 g/mol. The summed E-state index contributed by atoms with van der Waals surface area (Å²) in [6.07, 6.45) is 1.44. The highest BCUT2D eigenvalue weighted by Crippen LogP contribution is 2.27. The highest BCUT2D eigenvalue weighted by Gasteiger charge is 2.41. The third kappa shape index (κ3) is 2.06. The van der Waals surface area contributed by atoms with Crippen LogP contribution in [0.25, 0.3) is 0 Å². The molecule has 0 saturated carbocycles. The smallest absolute Gasteiger partial charge is 0.180 e. The molecule has 13 heavy (non-hydrogen) atoms. The molecule has 1 aliphatic heterocycles. The minimum Gasteiger partial charge on any atom is -0.381 e. The Bertz CT molecular complexity index is 226. The van der Waals surface area contributed by atoms with Crippen LogP contribution in [0, 0.1) is 11.3 Å². The molecule has 0 bridgehead atoms. The van der Waals surface area contributed by atoms with Gasteiger partial charge in [0.2, 0.25) is 0 Å². The summed E-state index contributed by atoms with van der Waals surface area (Å²) in [6, 6.07) is 1.84. The van der Waals surface area contributed by atoms with Gasteiger partial charge in [0.25, 0.3) is 0 Å². The fraction of sp³-hybridized carbons (Fsp3) is 0.778. The molecule has 1 fully saturated rings. The lowest BCUT2D eigenvalue weighted by atomic mass is 9.94. The van der Waals surface area contributed by atoms with Gasteiger partial charge in [-0.3, -0.25) is 4.79 Å². The van der Waals surface area contributed by atoms with Crippen LogP contribution in [-0.4, -0.2) is 31.7 Å². The van der Waals surface area contributed by atoms with Gasteiger partial charge in [0.1, 0.15) is 0 Å². The molecular weight excluding hydrogens is 170 g/mol. The van der Waals surface area contributed by atoms with E-state index in [0.29, 0.717) is 13.0 Å². The quantitative estimate of drug-likeness (QED) is 0.642. The lowest BCUT2D eigenvalue weighted by molar-refractivity contribution is -0.143. The van der Waals surface area contributed by atoms with E-state index in [2.05, 4.69) is 0 Å². The van der Waals surface area contributed by atoms with Crippen LogP contribution in [0.15, 0.2) is 0 Å². The van der Waals surface area contributed by atoms with Crippen LogP contribution in [0.1, 0.15) is 19.3 Å². The van der Waals surface area contributed by atoms with Crippen LogP contribution in [0.3, 0.4) is 0 Å². The van der Waals surface area contributed by atoms with Gasteiger partial charge in [-0.05, 0) is 12.8 Å². The van der Waals surface area contributed by atoms with E-state index in [1.807, 2.05) is 6.07 Å². The Labute approximate surface area is 77.4 Å². The Morgan fingerprint density at radius 1 is 1.77 bits per heavy atom. The van der Waals surface area contributed by atoms with Crippen LogP contribution in [0.2, 0.25) is 0 Å². The van der Waals surface area contributed by atoms with Gasteiger partial charge >= 0.3 is 0 Å². The van der Waals surface area contributed by atoms with E-state index in [1.165, 1.54) is 7.11 Å². The Hall–Kier alpha value is -0.920. The van der Waals surface area contributed by atoms with Crippen LogP contribution in [0.5, 0.6) is 0 Å². The van der Waals surface area contributed by atoms with E-state index in [-0.39, 0.29) is 18.8 Å². The molecule has 1 aliphatic rings. The van der Waals surface area contributed by atoms with Crippen LogP contribution in [0.4, 0.5) is 0 Å². The number of carbonyl (C=O) groups excluding carboxylic acids is 1. The molecule has 1 atom stereocenters. The predicted molar refractivity (Wildman–Crippen MR) is 45.0 cm³/mol. The van der Waals surface area contributed by atoms with Gasteiger partial charge in [0, 0.05) is 13.7 Å². The maximum atomic E-state index is 11.5. The van der Waals surface area contributed by atoms with Gasteiger partial charge < -0.3 is 9.47 Å². The van der Waals surface area contributed by atoms with E-state index in [1.54, 1.807) is 0 Å². The summed E-state index contributed by atoms with van der Waals surface area (Å²) in [5, 5.41) is 8.41. The number of Topliss-reactive ketones (excluding diaryl/α,β-unsaturated/α-hetero) is 1. The molecule has 4 heteroatoms. The van der Waals surface area contributed by atoms with Crippen molar-refractivity contribution in [1.82, 2.24) is 0 Å². The molecule has 1 unspecified atom stereocenters. The zero-order chi connectivity index (χ0) is 9.73. The third-order valence-corrected chi connectivity index (χ3v) is 2.23. The predicted octanol–water partition coefficient (Wildman–Crippen LogP) is 0.665. The van der Waals surface area contributed by atoms with Gasteiger partial charge in [-0.1, -0.05) is 0 Å². The number of carbonyl (C=O) groups is 1. The van der Waals surface area contributed by atoms with Gasteiger partial charge in [0.15, 0.2) is 11.4 Å². The van der Waals surface area contributed by atoms with Crippen molar-refractivity contribution in [2.24, 2.45) is 0 Å². The minimum absolute atomic E-state index is 0.0939. The van der Waals surface area contributed by atoms with Crippen molar-refractivity contribution in [1.29, 1.82) is 5.26 Å². The van der Waals surface area contributed by atoms with Crippen molar-refractivity contribution in [3.05, 3.63) is 0 Å². The molecular formula is C9H13NO3. The van der Waals surface area contributed by atoms with Crippen molar-refractivity contribution in [3.8, 4) is 6.07 Å². The second kappa shape index (κ2) is 4.35. The second-order valence-electron chi connectivity index (χ2n) is 3.14. The molecule has 0 amide bonds. The van der Waals surface area contributed by atoms with Gasteiger partial charge in [0.05, 0.1) is 19.1 Å². The molecule has 0 aromatic rings. The number of methoxy groups -OCH3 is 1. The van der Waals surface area contributed by atoms with E-state index in [4.69, 9.17) is 14.7 Å². The van der Waals surface area contributed by atoms with E-state index >= 15 is 0 Å². The summed E-state index contributed by atoms with van der Waals surface area (Å²) < 4.78 is 10.3. The summed E-state index contributed by atoms with van der Waals surface area (Å²) in [4.78, 5) is 11.5. The first-order chi connectivity index (χ1) is 6.25. The second-order valence-corrected chi connectivity index (χ2v) is 3.14. The van der Waals surface area contributed by atoms with Crippen LogP contribution >= 0.6 is 0 Å². The normalized spacial score (nSPS) is 27.1. The maximum absolute atomic E-state index is 11.5. The van der Waals surface area contributed by atoms with Crippen molar-refractivity contribution in [3.63, 3.8) is 0 Å². The topological polar surface area (TPSA) is 59.3 Å².